The predicted octanol–water partition coefficient (Wildman–Crippen LogP) is 5.65. The van der Waals surface area contributed by atoms with Crippen molar-refractivity contribution in [1.82, 2.24) is 15.6 Å². The first-order valence-corrected chi connectivity index (χ1v) is 13.1. The zero-order valence-corrected chi connectivity index (χ0v) is 23.1. The van der Waals surface area contributed by atoms with Gasteiger partial charge in [-0.05, 0) is 47.4 Å². The van der Waals surface area contributed by atoms with Gasteiger partial charge in [0.1, 0.15) is 17.3 Å². The summed E-state index contributed by atoms with van der Waals surface area (Å²) in [6.45, 7) is 3.57. The minimum Gasteiger partial charge on any atom is -0.463 e. The third kappa shape index (κ3) is 7.97. The Morgan fingerprint density at radius 1 is 1.02 bits per heavy atom. The van der Waals surface area contributed by atoms with Crippen molar-refractivity contribution < 1.29 is 32.7 Å². The summed E-state index contributed by atoms with van der Waals surface area (Å²) >= 11 is 6.02. The van der Waals surface area contributed by atoms with Crippen molar-refractivity contribution in [3.05, 3.63) is 101 Å². The molecule has 8 nitrogen and oxygen atoms in total. The minimum absolute atomic E-state index is 0.0485. The normalized spacial score (nSPS) is 12.0. The fourth-order valence-electron chi connectivity index (χ4n) is 3.88. The van der Waals surface area contributed by atoms with Crippen molar-refractivity contribution in [1.29, 1.82) is 0 Å². The quantitative estimate of drug-likeness (QED) is 0.174. The number of benzene rings is 3. The van der Waals surface area contributed by atoms with E-state index in [1.807, 2.05) is 13.8 Å². The molecular formula is C30H28ClF2N3O5. The molecule has 1 atom stereocenters. The van der Waals surface area contributed by atoms with E-state index in [1.165, 1.54) is 47.5 Å². The van der Waals surface area contributed by atoms with E-state index in [0.717, 1.165) is 0 Å². The number of hydrogen-bond acceptors (Lipinski definition) is 7. The summed E-state index contributed by atoms with van der Waals surface area (Å²) in [6.07, 6.45) is -1.57. The van der Waals surface area contributed by atoms with Gasteiger partial charge in [-0.1, -0.05) is 67.0 Å². The lowest BCUT2D eigenvalue weighted by Crippen LogP contribution is -2.47. The highest BCUT2D eigenvalue weighted by atomic mass is 35.5. The molecule has 0 bridgehead atoms. The first kappa shape index (κ1) is 29.9. The highest BCUT2D eigenvalue weighted by molar-refractivity contribution is 6.30. The number of hydrogen-bond donors (Lipinski definition) is 2. The number of nitrogens with one attached hydrogen (secondary N) is 1. The summed E-state index contributed by atoms with van der Waals surface area (Å²) in [7, 11) is 0. The van der Waals surface area contributed by atoms with Crippen LogP contribution in [-0.4, -0.2) is 46.4 Å². The second kappa shape index (κ2) is 13.5. The van der Waals surface area contributed by atoms with Crippen LogP contribution in [0, 0.1) is 17.6 Å². The average molecular weight is 584 g/mol. The van der Waals surface area contributed by atoms with Gasteiger partial charge in [0, 0.05) is 28.8 Å². The summed E-state index contributed by atoms with van der Waals surface area (Å²) in [5.41, 5.74) is 4.47. The molecule has 3 aromatic carbocycles. The van der Waals surface area contributed by atoms with Crippen LogP contribution in [0.25, 0.3) is 22.4 Å². The molecule has 0 fully saturated rings. The Hall–Kier alpha value is -4.12. The van der Waals surface area contributed by atoms with Crippen LogP contribution in [0.5, 0.6) is 0 Å². The Bertz CT molecular complexity index is 1510. The van der Waals surface area contributed by atoms with E-state index in [9.17, 15) is 23.5 Å². The molecule has 0 unspecified atom stereocenters. The van der Waals surface area contributed by atoms with Crippen LogP contribution in [0.4, 0.5) is 8.78 Å². The van der Waals surface area contributed by atoms with Gasteiger partial charge in [0.2, 0.25) is 5.76 Å². The van der Waals surface area contributed by atoms with Crippen LogP contribution < -0.4 is 5.43 Å². The molecule has 0 spiro atoms. The van der Waals surface area contributed by atoms with Gasteiger partial charge < -0.3 is 14.4 Å². The van der Waals surface area contributed by atoms with Crippen molar-refractivity contribution in [2.45, 2.75) is 26.5 Å². The van der Waals surface area contributed by atoms with Crippen LogP contribution in [0.1, 0.15) is 30.0 Å². The van der Waals surface area contributed by atoms with Crippen LogP contribution >= 0.6 is 11.6 Å². The fourth-order valence-corrected chi connectivity index (χ4v) is 4.06. The van der Waals surface area contributed by atoms with E-state index in [1.54, 1.807) is 30.3 Å². The topological polar surface area (TPSA) is 105 Å². The Morgan fingerprint density at radius 2 is 1.73 bits per heavy atom. The van der Waals surface area contributed by atoms with Gasteiger partial charge in [0.25, 0.3) is 0 Å². The first-order valence-electron chi connectivity index (χ1n) is 12.8. The Balaban J connectivity index is 1.52. The Labute approximate surface area is 240 Å². The predicted molar refractivity (Wildman–Crippen MR) is 148 cm³/mol. The van der Waals surface area contributed by atoms with E-state index in [-0.39, 0.29) is 42.6 Å². The van der Waals surface area contributed by atoms with E-state index in [0.29, 0.717) is 21.7 Å². The molecule has 0 radical (unpaired) electrons. The van der Waals surface area contributed by atoms with Gasteiger partial charge in [-0.2, -0.15) is 0 Å². The number of carbonyl (C=O) groups is 2. The van der Waals surface area contributed by atoms with Crippen LogP contribution in [0.15, 0.2) is 77.3 Å². The first-order chi connectivity index (χ1) is 19.6. The maximum atomic E-state index is 14.3. The lowest BCUT2D eigenvalue weighted by atomic mass is 10.0. The van der Waals surface area contributed by atoms with Crippen molar-refractivity contribution in [3.63, 3.8) is 0 Å². The summed E-state index contributed by atoms with van der Waals surface area (Å²) in [5, 5.41) is 16.0. The van der Waals surface area contributed by atoms with Gasteiger partial charge in [0.15, 0.2) is 6.10 Å². The molecule has 0 aliphatic heterocycles. The Morgan fingerprint density at radius 3 is 2.44 bits per heavy atom. The maximum absolute atomic E-state index is 14.3. The number of esters is 1. The van der Waals surface area contributed by atoms with Gasteiger partial charge in [-0.25, -0.2) is 18.6 Å². The molecule has 0 aliphatic rings. The third-order valence-corrected chi connectivity index (χ3v) is 6.17. The number of ether oxygens (including phenoxy) is 1. The van der Waals surface area contributed by atoms with E-state index < -0.39 is 29.6 Å². The number of nitrogens with zero attached hydrogens (tertiary/aromatic N) is 2. The number of hydrazine groups is 1. The monoisotopic (exact) mass is 583 g/mol. The molecule has 41 heavy (non-hydrogen) atoms. The van der Waals surface area contributed by atoms with Crippen molar-refractivity contribution in [3.8, 4) is 22.4 Å². The van der Waals surface area contributed by atoms with E-state index in [2.05, 4.69) is 10.6 Å². The number of aliphatic hydroxyl groups is 1. The van der Waals surface area contributed by atoms with Crippen LogP contribution in [0.2, 0.25) is 5.02 Å². The molecule has 2 N–H and O–H groups in total. The minimum atomic E-state index is -1.57. The van der Waals surface area contributed by atoms with Gasteiger partial charge in [-0.3, -0.25) is 10.2 Å². The highest BCUT2D eigenvalue weighted by Gasteiger charge is 2.24. The van der Waals surface area contributed by atoms with Crippen molar-refractivity contribution in [2.75, 3.05) is 13.2 Å². The zero-order chi connectivity index (χ0) is 29.5. The number of rotatable bonds is 11. The SMILES string of the molecule is CC(C)COC(=O)[C@H](O)CN(Cc1ccc(-c2cc(Cl)ccc2F)cc1)NC(=O)c1cc(-c2ccccc2F)no1. The number of aromatic nitrogens is 1. The standard InChI is InChI=1S/C30H28ClF2N3O5/c1-18(2)17-40-30(39)27(37)16-36(15-19-7-9-20(10-8-19)23-13-21(31)11-12-25(23)33)34-29(38)28-14-26(35-41-28)22-5-3-4-6-24(22)32/h3-14,18,27,37H,15-17H2,1-2H3,(H,34,38)/t27-/m1/s1. The molecule has 4 aromatic rings. The van der Waals surface area contributed by atoms with Crippen LogP contribution in [0.3, 0.4) is 0 Å². The number of halogens is 3. The molecule has 4 rings (SSSR count). The van der Waals surface area contributed by atoms with E-state index in [4.69, 9.17) is 20.9 Å². The zero-order valence-electron chi connectivity index (χ0n) is 22.3. The molecule has 0 saturated heterocycles. The molecule has 0 aliphatic carbocycles. The summed E-state index contributed by atoms with van der Waals surface area (Å²) in [6, 6.07) is 18.3. The van der Waals surface area contributed by atoms with E-state index >= 15 is 0 Å². The van der Waals surface area contributed by atoms with Crippen molar-refractivity contribution in [2.24, 2.45) is 5.92 Å². The third-order valence-electron chi connectivity index (χ3n) is 5.93. The highest BCUT2D eigenvalue weighted by Crippen LogP contribution is 2.27. The molecule has 1 amide bonds. The molecule has 1 heterocycles. The molecular weight excluding hydrogens is 556 g/mol. The molecule has 0 saturated carbocycles. The number of amides is 1. The summed E-state index contributed by atoms with van der Waals surface area (Å²) < 4.78 is 38.7. The summed E-state index contributed by atoms with van der Waals surface area (Å²) in [4.78, 5) is 25.3. The fraction of sp³-hybridized carbons (Fsp3) is 0.233. The Kier molecular flexibility index (Phi) is 9.82. The molecule has 214 valence electrons. The average Bonchev–Trinajstić information content (AvgIpc) is 3.44. The van der Waals surface area contributed by atoms with Gasteiger partial charge in [0.05, 0.1) is 13.2 Å². The molecule has 11 heteroatoms. The lowest BCUT2D eigenvalue weighted by Gasteiger charge is -2.25. The second-order valence-corrected chi connectivity index (χ2v) is 10.2. The largest absolute Gasteiger partial charge is 0.463 e. The number of aliphatic hydroxyl groups excluding tert-OH is 1. The van der Waals surface area contributed by atoms with Gasteiger partial charge >= 0.3 is 11.9 Å². The maximum Gasteiger partial charge on any atom is 0.336 e. The van der Waals surface area contributed by atoms with Gasteiger partial charge in [-0.15, -0.1) is 0 Å². The van der Waals surface area contributed by atoms with Crippen LogP contribution in [-0.2, 0) is 16.1 Å². The smallest absolute Gasteiger partial charge is 0.336 e. The van der Waals surface area contributed by atoms with Crippen molar-refractivity contribution >= 4 is 23.5 Å². The second-order valence-electron chi connectivity index (χ2n) is 9.74. The summed E-state index contributed by atoms with van der Waals surface area (Å²) in [5.74, 6) is -2.68. The number of carbonyl (C=O) groups excluding carboxylic acids is 2. The lowest BCUT2D eigenvalue weighted by molar-refractivity contribution is -0.156. The molecule has 1 aromatic heterocycles.